The van der Waals surface area contributed by atoms with E-state index < -0.39 is 53.7 Å². The summed E-state index contributed by atoms with van der Waals surface area (Å²) < 4.78 is 163. The van der Waals surface area contributed by atoms with Gasteiger partial charge in [-0.25, -0.2) is 9.64 Å². The summed E-state index contributed by atoms with van der Waals surface area (Å²) >= 11 is 0. The molecule has 1 rings (SSSR count). The number of rotatable bonds is 5. The lowest BCUT2D eigenvalue weighted by atomic mass is 10.2. The van der Waals surface area contributed by atoms with Crippen molar-refractivity contribution in [1.29, 1.82) is 0 Å². The number of hydrogen-bond donors (Lipinski definition) is 0. The van der Waals surface area contributed by atoms with E-state index in [4.69, 9.17) is 0 Å². The van der Waals surface area contributed by atoms with Crippen molar-refractivity contribution < 1.29 is 62.2 Å². The molecule has 0 aromatic rings. The van der Waals surface area contributed by atoms with Crippen molar-refractivity contribution >= 4 is 0 Å². The summed E-state index contributed by atoms with van der Waals surface area (Å²) in [6, 6.07) is -13.3. The first-order chi connectivity index (χ1) is 11.0. The van der Waals surface area contributed by atoms with E-state index in [-0.39, 0.29) is 6.42 Å². The van der Waals surface area contributed by atoms with E-state index in [0.29, 0.717) is 0 Å². The second kappa shape index (κ2) is 6.10. The summed E-state index contributed by atoms with van der Waals surface area (Å²) in [6.45, 7) is 0.120. The number of hydrogen-bond acceptors (Lipinski definition) is 3. The van der Waals surface area contributed by atoms with Crippen LogP contribution in [-0.4, -0.2) is 41.9 Å². The van der Waals surface area contributed by atoms with Crippen LogP contribution in [0.25, 0.3) is 0 Å². The lowest BCUT2D eigenvalue weighted by Crippen LogP contribution is -2.73. The number of nitrogens with zero attached hydrogens (tertiary/aromatic N) is 1. The van der Waals surface area contributed by atoms with Crippen LogP contribution >= 0.6 is 0 Å². The van der Waals surface area contributed by atoms with E-state index in [1.54, 1.807) is 0 Å². The lowest BCUT2D eigenvalue weighted by Gasteiger charge is -2.47. The molecule has 0 amide bonds. The Morgan fingerprint density at radius 2 is 1.32 bits per heavy atom. The Bertz CT molecular complexity index is 520. The Morgan fingerprint density at radius 1 is 0.920 bits per heavy atom. The topological polar surface area (TPSA) is 21.7 Å². The maximum absolute atomic E-state index is 13.5. The Hall–Kier alpha value is -1.38. The third kappa shape index (κ3) is 3.35. The van der Waals surface area contributed by atoms with E-state index in [9.17, 15) is 52.7 Å². The van der Waals surface area contributed by atoms with Crippen LogP contribution in [-0.2, 0) is 9.47 Å². The van der Waals surface area contributed by atoms with Crippen LogP contribution in [0.15, 0.2) is 11.8 Å². The minimum atomic E-state index is -6.67. The molecule has 148 valence electrons. The van der Waals surface area contributed by atoms with Crippen molar-refractivity contribution in [2.45, 2.75) is 43.8 Å². The van der Waals surface area contributed by atoms with Crippen LogP contribution in [0.5, 0.6) is 0 Å². The van der Waals surface area contributed by atoms with Gasteiger partial charge in [-0.05, 0) is 6.42 Å². The zero-order valence-corrected chi connectivity index (χ0v) is 11.7. The molecular formula is C10H7F12NO2. The lowest BCUT2D eigenvalue weighted by molar-refractivity contribution is -0.559. The Labute approximate surface area is 130 Å². The van der Waals surface area contributed by atoms with Gasteiger partial charge in [-0.2, -0.15) is 52.7 Å². The Morgan fingerprint density at radius 3 is 1.68 bits per heavy atom. The fourth-order valence-corrected chi connectivity index (χ4v) is 1.48. The van der Waals surface area contributed by atoms with E-state index in [1.807, 2.05) is 4.74 Å². The zero-order chi connectivity index (χ0) is 20.1. The van der Waals surface area contributed by atoms with Gasteiger partial charge in [0, 0.05) is 0 Å². The average molecular weight is 401 g/mol. The third-order valence-electron chi connectivity index (χ3n) is 2.64. The van der Waals surface area contributed by atoms with Gasteiger partial charge < -0.3 is 4.74 Å². The molecule has 0 radical (unpaired) electrons. The quantitative estimate of drug-likeness (QED) is 0.487. The highest BCUT2D eigenvalue weighted by molar-refractivity contribution is 5.12. The largest absolute Gasteiger partial charge is 0.445 e. The van der Waals surface area contributed by atoms with Crippen molar-refractivity contribution in [3.8, 4) is 0 Å². The maximum Gasteiger partial charge on any atom is 0.445 e. The van der Waals surface area contributed by atoms with Gasteiger partial charge in [-0.3, -0.25) is 0 Å². The van der Waals surface area contributed by atoms with E-state index in [1.165, 1.54) is 6.92 Å². The molecule has 0 saturated carbocycles. The molecule has 0 aliphatic carbocycles. The SMILES string of the molecule is CCCOC(F)(F)/C(F)=C(\F)N1C(F)(F)C(F)(F)OC(F)(F)C1(F)F. The minimum absolute atomic E-state index is 0.273. The summed E-state index contributed by atoms with van der Waals surface area (Å²) in [6.07, 6.45) is -18.7. The molecule has 1 heterocycles. The highest BCUT2D eigenvalue weighted by Crippen LogP contribution is 2.57. The Kier molecular flexibility index (Phi) is 5.29. The minimum Gasteiger partial charge on any atom is -0.315 e. The molecule has 25 heavy (non-hydrogen) atoms. The molecule has 0 spiro atoms. The van der Waals surface area contributed by atoms with E-state index >= 15 is 0 Å². The predicted molar refractivity (Wildman–Crippen MR) is 53.1 cm³/mol. The van der Waals surface area contributed by atoms with Gasteiger partial charge in [0.15, 0.2) is 0 Å². The van der Waals surface area contributed by atoms with Crippen LogP contribution < -0.4 is 0 Å². The summed E-state index contributed by atoms with van der Waals surface area (Å²) in [5.74, 6) is -7.92. The predicted octanol–water partition coefficient (Wildman–Crippen LogP) is 4.82. The van der Waals surface area contributed by atoms with Gasteiger partial charge in [-0.15, -0.1) is 0 Å². The average Bonchev–Trinajstić information content (AvgIpc) is 2.41. The van der Waals surface area contributed by atoms with Crippen LogP contribution in [0, 0.1) is 0 Å². The second-order valence-electron chi connectivity index (χ2n) is 4.52. The standard InChI is InChI=1S/C10H7F12NO2/c1-2-3-24-6(13,14)4(11)5(12)23-7(15,16)9(19,20)25-10(21,22)8(23,17)18/h2-3H2,1H3/b5-4-. The highest BCUT2D eigenvalue weighted by Gasteiger charge is 2.84. The molecule has 0 aromatic carbocycles. The van der Waals surface area contributed by atoms with Crippen molar-refractivity contribution in [3.63, 3.8) is 0 Å². The first-order valence-electron chi connectivity index (χ1n) is 6.05. The van der Waals surface area contributed by atoms with Crippen molar-refractivity contribution in [2.75, 3.05) is 6.61 Å². The molecule has 0 N–H and O–H groups in total. The molecule has 1 aliphatic rings. The van der Waals surface area contributed by atoms with Crippen molar-refractivity contribution in [2.24, 2.45) is 0 Å². The van der Waals surface area contributed by atoms with Crippen LogP contribution in [0.3, 0.4) is 0 Å². The molecule has 1 saturated heterocycles. The molecule has 0 bridgehead atoms. The van der Waals surface area contributed by atoms with Crippen LogP contribution in [0.1, 0.15) is 13.3 Å². The van der Waals surface area contributed by atoms with E-state index in [0.717, 1.165) is 0 Å². The van der Waals surface area contributed by atoms with Gasteiger partial charge in [0.25, 0.3) is 5.83 Å². The van der Waals surface area contributed by atoms with Gasteiger partial charge in [0.1, 0.15) is 0 Å². The summed E-state index contributed by atoms with van der Waals surface area (Å²) in [5.41, 5.74) is 0. The number of ether oxygens (including phenoxy) is 2. The summed E-state index contributed by atoms with van der Waals surface area (Å²) in [4.78, 5) is -3.11. The molecule has 0 atom stereocenters. The van der Waals surface area contributed by atoms with Crippen LogP contribution in [0.4, 0.5) is 52.7 Å². The van der Waals surface area contributed by atoms with E-state index in [2.05, 4.69) is 4.74 Å². The molecule has 0 unspecified atom stereocenters. The maximum atomic E-state index is 13.5. The number of morpholine rings is 1. The Balaban J connectivity index is 3.54. The molecule has 3 nitrogen and oxygen atoms in total. The number of halogens is 12. The normalized spacial score (nSPS) is 25.6. The van der Waals surface area contributed by atoms with Crippen molar-refractivity contribution in [3.05, 3.63) is 11.8 Å². The van der Waals surface area contributed by atoms with Gasteiger partial charge in [0.2, 0.25) is 5.95 Å². The van der Waals surface area contributed by atoms with Gasteiger partial charge in [-0.1, -0.05) is 6.92 Å². The highest BCUT2D eigenvalue weighted by atomic mass is 19.4. The molecular weight excluding hydrogens is 394 g/mol. The smallest absolute Gasteiger partial charge is 0.315 e. The molecule has 15 heteroatoms. The van der Waals surface area contributed by atoms with Gasteiger partial charge in [0.05, 0.1) is 6.61 Å². The molecule has 1 fully saturated rings. The summed E-state index contributed by atoms with van der Waals surface area (Å²) in [5, 5.41) is 0. The van der Waals surface area contributed by atoms with Crippen molar-refractivity contribution in [1.82, 2.24) is 4.90 Å². The first kappa shape index (κ1) is 21.7. The monoisotopic (exact) mass is 401 g/mol. The zero-order valence-electron chi connectivity index (χ0n) is 11.7. The molecule has 1 aliphatic heterocycles. The fraction of sp³-hybridized carbons (Fsp3) is 0.800. The third-order valence-corrected chi connectivity index (χ3v) is 2.64. The number of alkyl halides is 10. The second-order valence-corrected chi connectivity index (χ2v) is 4.52. The first-order valence-corrected chi connectivity index (χ1v) is 6.05. The van der Waals surface area contributed by atoms with Crippen LogP contribution in [0.2, 0.25) is 0 Å². The van der Waals surface area contributed by atoms with Gasteiger partial charge >= 0.3 is 30.4 Å². The fourth-order valence-electron chi connectivity index (χ4n) is 1.48. The summed E-state index contributed by atoms with van der Waals surface area (Å²) in [7, 11) is 0. The molecule has 0 aromatic heterocycles.